The molecular weight excluding hydrogens is 352 g/mol. The Morgan fingerprint density at radius 2 is 2.08 bits per heavy atom. The molecule has 2 heterocycles. The van der Waals surface area contributed by atoms with Gasteiger partial charge in [-0.05, 0) is 24.1 Å². The van der Waals surface area contributed by atoms with E-state index in [9.17, 15) is 9.90 Å². The zero-order valence-corrected chi connectivity index (χ0v) is 15.2. The Bertz CT molecular complexity index is 858. The van der Waals surface area contributed by atoms with E-state index in [4.69, 9.17) is 4.42 Å². The minimum Gasteiger partial charge on any atom is -0.463 e. The van der Waals surface area contributed by atoms with Crippen molar-refractivity contribution in [1.29, 1.82) is 0 Å². The smallest absolute Gasteiger partial charge is 0.373 e. The molecule has 0 radical (unpaired) electrons. The van der Waals surface area contributed by atoms with Gasteiger partial charge in [-0.25, -0.2) is 9.78 Å². The van der Waals surface area contributed by atoms with Crippen molar-refractivity contribution < 1.29 is 19.1 Å². The molecule has 1 aromatic carbocycles. The molecule has 3 rings (SSSR count). The summed E-state index contributed by atoms with van der Waals surface area (Å²) in [6, 6.07) is 13.5. The summed E-state index contributed by atoms with van der Waals surface area (Å²) in [4.78, 5) is 15.9. The summed E-state index contributed by atoms with van der Waals surface area (Å²) in [5.74, 6) is 0.891. The normalized spacial score (nSPS) is 10.8. The topological polar surface area (TPSA) is 77.5 Å². The molecule has 0 saturated carbocycles. The van der Waals surface area contributed by atoms with Crippen molar-refractivity contribution in [2.75, 3.05) is 7.11 Å². The van der Waals surface area contributed by atoms with Crippen LogP contribution in [0.15, 0.2) is 58.2 Å². The standard InChI is InChI=1S/C19H20N2O4S/c1-24-18(23)17-8-7-16(25-17)13-26-19-20-11-15(12-22)21(19)10-9-14-5-3-2-4-6-14/h2-8,11,22H,9-10,12-13H2,1H3. The molecule has 0 amide bonds. The van der Waals surface area contributed by atoms with Crippen molar-refractivity contribution in [1.82, 2.24) is 9.55 Å². The molecule has 0 unspecified atom stereocenters. The van der Waals surface area contributed by atoms with Gasteiger partial charge in [-0.1, -0.05) is 42.1 Å². The maximum absolute atomic E-state index is 11.5. The molecule has 136 valence electrons. The number of aliphatic hydroxyl groups excluding tert-OH is 1. The lowest BCUT2D eigenvalue weighted by atomic mass is 10.1. The first kappa shape index (κ1) is 18.3. The number of hydrogen-bond acceptors (Lipinski definition) is 6. The van der Waals surface area contributed by atoms with Crippen LogP contribution in [0, 0.1) is 0 Å². The third kappa shape index (κ3) is 4.36. The van der Waals surface area contributed by atoms with Gasteiger partial charge in [-0.3, -0.25) is 0 Å². The van der Waals surface area contributed by atoms with Crippen LogP contribution in [0.3, 0.4) is 0 Å². The average Bonchev–Trinajstić information content (AvgIpc) is 3.31. The van der Waals surface area contributed by atoms with Crippen LogP contribution in [0.5, 0.6) is 0 Å². The van der Waals surface area contributed by atoms with Gasteiger partial charge in [-0.2, -0.15) is 0 Å². The number of nitrogens with zero attached hydrogens (tertiary/aromatic N) is 2. The van der Waals surface area contributed by atoms with Gasteiger partial charge in [0, 0.05) is 6.54 Å². The zero-order valence-electron chi connectivity index (χ0n) is 14.4. The summed E-state index contributed by atoms with van der Waals surface area (Å²) in [6.45, 7) is 0.670. The van der Waals surface area contributed by atoms with Gasteiger partial charge in [0.15, 0.2) is 5.16 Å². The number of benzene rings is 1. The Morgan fingerprint density at radius 3 is 2.81 bits per heavy atom. The Kier molecular flexibility index (Phi) is 6.14. The number of carbonyl (C=O) groups is 1. The van der Waals surface area contributed by atoms with E-state index in [1.54, 1.807) is 18.3 Å². The molecule has 7 heteroatoms. The summed E-state index contributed by atoms with van der Waals surface area (Å²) in [7, 11) is 1.32. The largest absolute Gasteiger partial charge is 0.463 e. The maximum atomic E-state index is 11.5. The summed E-state index contributed by atoms with van der Waals surface area (Å²) in [5, 5.41) is 10.4. The van der Waals surface area contributed by atoms with Gasteiger partial charge < -0.3 is 18.8 Å². The number of carbonyl (C=O) groups excluding carboxylic acids is 1. The lowest BCUT2D eigenvalue weighted by molar-refractivity contribution is 0.0563. The Hall–Kier alpha value is -2.51. The van der Waals surface area contributed by atoms with Gasteiger partial charge in [0.1, 0.15) is 5.76 Å². The van der Waals surface area contributed by atoms with Gasteiger partial charge >= 0.3 is 5.97 Å². The molecule has 0 aliphatic rings. The third-order valence-electron chi connectivity index (χ3n) is 3.92. The van der Waals surface area contributed by atoms with Crippen molar-refractivity contribution in [3.8, 4) is 0 Å². The van der Waals surface area contributed by atoms with Crippen molar-refractivity contribution >= 4 is 17.7 Å². The van der Waals surface area contributed by atoms with Crippen LogP contribution in [-0.2, 0) is 30.1 Å². The molecule has 3 aromatic rings. The SMILES string of the molecule is COC(=O)c1ccc(CSc2ncc(CO)n2CCc2ccccc2)o1. The maximum Gasteiger partial charge on any atom is 0.373 e. The van der Waals surface area contributed by atoms with Crippen LogP contribution in [0.4, 0.5) is 0 Å². The summed E-state index contributed by atoms with van der Waals surface area (Å²) in [5.41, 5.74) is 2.01. The lowest BCUT2D eigenvalue weighted by Crippen LogP contribution is -2.07. The molecule has 0 spiro atoms. The summed E-state index contributed by atoms with van der Waals surface area (Å²) < 4.78 is 12.1. The quantitative estimate of drug-likeness (QED) is 0.483. The number of methoxy groups -OCH3 is 1. The monoisotopic (exact) mass is 372 g/mol. The van der Waals surface area contributed by atoms with Gasteiger partial charge in [-0.15, -0.1) is 0 Å². The highest BCUT2D eigenvalue weighted by molar-refractivity contribution is 7.98. The second-order valence-corrected chi connectivity index (χ2v) is 6.57. The molecule has 0 aliphatic heterocycles. The lowest BCUT2D eigenvalue weighted by Gasteiger charge is -2.10. The van der Waals surface area contributed by atoms with E-state index in [1.165, 1.54) is 24.4 Å². The average molecular weight is 372 g/mol. The van der Waals surface area contributed by atoms with Crippen LogP contribution >= 0.6 is 11.8 Å². The first-order valence-electron chi connectivity index (χ1n) is 8.20. The minimum atomic E-state index is -0.492. The first-order valence-corrected chi connectivity index (χ1v) is 9.19. The fourth-order valence-corrected chi connectivity index (χ4v) is 3.48. The van der Waals surface area contributed by atoms with Crippen LogP contribution in [0.1, 0.15) is 27.6 Å². The molecule has 0 bridgehead atoms. The van der Waals surface area contributed by atoms with Crippen molar-refractivity contribution in [3.63, 3.8) is 0 Å². The molecule has 1 N–H and O–H groups in total. The molecule has 0 aliphatic carbocycles. The van der Waals surface area contributed by atoms with E-state index in [1.807, 2.05) is 22.8 Å². The number of ether oxygens (including phenoxy) is 1. The number of furan rings is 1. The van der Waals surface area contributed by atoms with Crippen LogP contribution in [0.25, 0.3) is 0 Å². The van der Waals surface area contributed by atoms with Crippen LogP contribution < -0.4 is 0 Å². The number of aliphatic hydroxyl groups is 1. The van der Waals surface area contributed by atoms with Crippen LogP contribution in [-0.4, -0.2) is 27.7 Å². The highest BCUT2D eigenvalue weighted by atomic mass is 32.2. The Balaban J connectivity index is 1.67. The molecular formula is C19H20N2O4S. The molecule has 26 heavy (non-hydrogen) atoms. The number of aryl methyl sites for hydroxylation is 1. The predicted molar refractivity (Wildman–Crippen MR) is 97.9 cm³/mol. The summed E-state index contributed by atoms with van der Waals surface area (Å²) >= 11 is 1.50. The molecule has 0 atom stereocenters. The number of hydrogen-bond donors (Lipinski definition) is 1. The van der Waals surface area contributed by atoms with E-state index in [0.29, 0.717) is 11.5 Å². The van der Waals surface area contributed by atoms with Gasteiger partial charge in [0.05, 0.1) is 31.4 Å². The Morgan fingerprint density at radius 1 is 1.27 bits per heavy atom. The van der Waals surface area contributed by atoms with E-state index in [0.717, 1.165) is 23.8 Å². The third-order valence-corrected chi connectivity index (χ3v) is 4.94. The van der Waals surface area contributed by atoms with Crippen molar-refractivity contribution in [2.45, 2.75) is 30.5 Å². The predicted octanol–water partition coefficient (Wildman–Crippen LogP) is 3.29. The number of rotatable bonds is 8. The Labute approximate surface area is 155 Å². The number of thioether (sulfide) groups is 1. The highest BCUT2D eigenvalue weighted by Crippen LogP contribution is 2.25. The first-order chi connectivity index (χ1) is 12.7. The fourth-order valence-electron chi connectivity index (χ4n) is 2.56. The van der Waals surface area contributed by atoms with E-state index in [2.05, 4.69) is 21.9 Å². The molecule has 6 nitrogen and oxygen atoms in total. The van der Waals surface area contributed by atoms with Crippen LogP contribution in [0.2, 0.25) is 0 Å². The molecule has 0 fully saturated rings. The zero-order chi connectivity index (χ0) is 18.4. The number of aromatic nitrogens is 2. The van der Waals surface area contributed by atoms with Gasteiger partial charge in [0.25, 0.3) is 0 Å². The van der Waals surface area contributed by atoms with E-state index >= 15 is 0 Å². The summed E-state index contributed by atoms with van der Waals surface area (Å²) in [6.07, 6.45) is 2.54. The fraction of sp³-hybridized carbons (Fsp3) is 0.263. The highest BCUT2D eigenvalue weighted by Gasteiger charge is 2.14. The number of esters is 1. The number of imidazole rings is 1. The van der Waals surface area contributed by atoms with E-state index in [-0.39, 0.29) is 12.4 Å². The van der Waals surface area contributed by atoms with Gasteiger partial charge in [0.2, 0.25) is 5.76 Å². The van der Waals surface area contributed by atoms with Crippen molar-refractivity contribution in [2.24, 2.45) is 0 Å². The second kappa shape index (κ2) is 8.73. The van der Waals surface area contributed by atoms with E-state index < -0.39 is 5.97 Å². The second-order valence-electron chi connectivity index (χ2n) is 5.62. The van der Waals surface area contributed by atoms with Crippen molar-refractivity contribution in [3.05, 3.63) is 71.4 Å². The minimum absolute atomic E-state index is 0.0599. The molecule has 2 aromatic heterocycles. The molecule has 0 saturated heterocycles.